The maximum Gasteiger partial charge on any atom is -1.00 e. The Hall–Kier alpha value is 2.51. The molecule has 0 spiro atoms. The molecule has 0 nitrogen and oxygen atoms in total. The summed E-state index contributed by atoms with van der Waals surface area (Å²) in [7, 11) is 0. The molecule has 0 aromatic heterocycles. The van der Waals surface area contributed by atoms with Crippen LogP contribution in [0.4, 0.5) is 0 Å². The average Bonchev–Trinajstić information content (AvgIpc) is 2.32. The third-order valence-electron chi connectivity index (χ3n) is 2.22. The molecule has 1 aliphatic rings. The Balaban J connectivity index is 0. The van der Waals surface area contributed by atoms with Crippen molar-refractivity contribution in [1.29, 1.82) is 0 Å². The summed E-state index contributed by atoms with van der Waals surface area (Å²) in [6, 6.07) is 6.45. The molecule has 5 heteroatoms. The standard InChI is InChI=1S/C10H8Br.3HI.Zr/c1-7-5-8-3-2-4-10(11)9(8)6-7;;;;/h2-6H,1H3;3*1H;/q;;;;+3/p-3. The van der Waals surface area contributed by atoms with Crippen LogP contribution in [-0.2, 0) is 24.7 Å². The Bertz CT molecular complexity index is 366. The second kappa shape index (κ2) is 8.59. The Labute approximate surface area is 165 Å². The van der Waals surface area contributed by atoms with Crippen molar-refractivity contribution in [2.45, 2.75) is 10.5 Å². The maximum absolute atomic E-state index is 3.57. The van der Waals surface area contributed by atoms with Crippen LogP contribution in [-0.4, -0.2) is 0 Å². The topological polar surface area (TPSA) is 0 Å². The van der Waals surface area contributed by atoms with E-state index < -0.39 is 0 Å². The molecule has 0 radical (unpaired) electrons. The zero-order valence-electron chi connectivity index (χ0n) is 7.90. The first-order valence-corrected chi connectivity index (χ1v) is 6.09. The number of fused-ring (bicyclic) bond motifs is 1. The van der Waals surface area contributed by atoms with E-state index in [1.807, 2.05) is 0 Å². The van der Waals surface area contributed by atoms with Gasteiger partial charge < -0.3 is 71.9 Å². The van der Waals surface area contributed by atoms with Gasteiger partial charge in [-0.25, -0.2) is 0 Å². The molecule has 0 heterocycles. The van der Waals surface area contributed by atoms with E-state index in [1.165, 1.54) is 21.2 Å². The first-order valence-electron chi connectivity index (χ1n) is 3.88. The molecule has 0 fully saturated rings. The summed E-state index contributed by atoms with van der Waals surface area (Å²) in [5, 5.41) is 0. The van der Waals surface area contributed by atoms with Gasteiger partial charge in [-0.3, -0.25) is 0 Å². The van der Waals surface area contributed by atoms with E-state index in [0.717, 1.165) is 0 Å². The molecular formula is C10H8BrI3Zr. The summed E-state index contributed by atoms with van der Waals surface area (Å²) in [5.74, 6) is 0. The molecule has 2 rings (SSSR count). The SMILES string of the molecule is CC1=Cc2c(Br)cccc2[CH]1[Zr+3].[I-].[I-].[I-]. The van der Waals surface area contributed by atoms with Crippen LogP contribution in [0.3, 0.4) is 0 Å². The molecule has 0 amide bonds. The average molecular weight is 680 g/mol. The third kappa shape index (κ3) is 4.28. The monoisotopic (exact) mass is 678 g/mol. The smallest absolute Gasteiger partial charge is 1.00 e. The van der Waals surface area contributed by atoms with Crippen molar-refractivity contribution in [2.24, 2.45) is 0 Å². The Morgan fingerprint density at radius 2 is 1.80 bits per heavy atom. The van der Waals surface area contributed by atoms with Gasteiger partial charge in [-0.15, -0.1) is 0 Å². The fourth-order valence-electron chi connectivity index (χ4n) is 1.51. The van der Waals surface area contributed by atoms with Crippen LogP contribution in [0.15, 0.2) is 28.2 Å². The van der Waals surface area contributed by atoms with Crippen LogP contribution in [0.2, 0.25) is 0 Å². The Morgan fingerprint density at radius 3 is 2.33 bits per heavy atom. The molecule has 1 aromatic rings. The number of allylic oxidation sites excluding steroid dienone is 1. The fourth-order valence-corrected chi connectivity index (χ4v) is 2.83. The minimum atomic E-state index is 0. The van der Waals surface area contributed by atoms with Crippen LogP contribution >= 0.6 is 15.9 Å². The predicted molar refractivity (Wildman–Crippen MR) is 50.5 cm³/mol. The second-order valence-corrected chi connectivity index (χ2v) is 5.34. The largest absolute Gasteiger partial charge is 1.00 e. The van der Waals surface area contributed by atoms with Crippen molar-refractivity contribution in [3.05, 3.63) is 39.4 Å². The predicted octanol–water partition coefficient (Wildman–Crippen LogP) is -5.53. The molecule has 0 aliphatic heterocycles. The normalized spacial score (nSPS) is 16.5. The number of halogens is 4. The summed E-state index contributed by atoms with van der Waals surface area (Å²) in [4.78, 5) is 0. The molecule has 80 valence electrons. The second-order valence-electron chi connectivity index (χ2n) is 3.06. The molecular weight excluding hydrogens is 672 g/mol. The number of hydrogen-bond acceptors (Lipinski definition) is 0. The van der Waals surface area contributed by atoms with Crippen LogP contribution in [0.1, 0.15) is 21.7 Å². The molecule has 1 aromatic carbocycles. The molecule has 0 saturated carbocycles. The van der Waals surface area contributed by atoms with Crippen molar-refractivity contribution in [1.82, 2.24) is 0 Å². The molecule has 15 heavy (non-hydrogen) atoms. The van der Waals surface area contributed by atoms with E-state index in [-0.39, 0.29) is 71.9 Å². The van der Waals surface area contributed by atoms with Gasteiger partial charge in [0.25, 0.3) is 0 Å². The van der Waals surface area contributed by atoms with Gasteiger partial charge in [0.1, 0.15) is 0 Å². The third-order valence-corrected chi connectivity index (χ3v) is 4.80. The summed E-state index contributed by atoms with van der Waals surface area (Å²) in [5.41, 5.74) is 4.37. The van der Waals surface area contributed by atoms with E-state index in [4.69, 9.17) is 0 Å². The van der Waals surface area contributed by atoms with Gasteiger partial charge in [-0.05, 0) is 0 Å². The van der Waals surface area contributed by atoms with Crippen LogP contribution in [0, 0.1) is 0 Å². The van der Waals surface area contributed by atoms with Gasteiger partial charge in [-0.1, -0.05) is 0 Å². The molecule has 0 saturated heterocycles. The summed E-state index contributed by atoms with van der Waals surface area (Å²) in [6.07, 6.45) is 2.29. The van der Waals surface area contributed by atoms with Crippen molar-refractivity contribution in [3.63, 3.8) is 0 Å². The summed E-state index contributed by atoms with van der Waals surface area (Å²) >= 11 is 5.15. The zero-order chi connectivity index (χ0) is 8.72. The van der Waals surface area contributed by atoms with Gasteiger partial charge in [0.2, 0.25) is 0 Å². The van der Waals surface area contributed by atoms with Gasteiger partial charge in [0.05, 0.1) is 0 Å². The first kappa shape index (κ1) is 19.8. The zero-order valence-corrected chi connectivity index (χ0v) is 18.4. The molecule has 1 atom stereocenters. The van der Waals surface area contributed by atoms with E-state index in [2.05, 4.69) is 47.1 Å². The first-order chi connectivity index (χ1) is 5.70. The maximum atomic E-state index is 3.57. The Morgan fingerprint density at radius 1 is 1.20 bits per heavy atom. The quantitative estimate of drug-likeness (QED) is 0.241. The van der Waals surface area contributed by atoms with Gasteiger partial charge in [0, 0.05) is 0 Å². The number of benzene rings is 1. The van der Waals surface area contributed by atoms with Crippen molar-refractivity contribution in [3.8, 4) is 0 Å². The van der Waals surface area contributed by atoms with Crippen molar-refractivity contribution >= 4 is 22.0 Å². The number of hydrogen-bond donors (Lipinski definition) is 0. The van der Waals surface area contributed by atoms with E-state index >= 15 is 0 Å². The van der Waals surface area contributed by atoms with Crippen LogP contribution < -0.4 is 71.9 Å². The summed E-state index contributed by atoms with van der Waals surface area (Å²) in [6.45, 7) is 2.21. The fraction of sp³-hybridized carbons (Fsp3) is 0.200. The molecule has 0 N–H and O–H groups in total. The molecule has 0 bridgehead atoms. The van der Waals surface area contributed by atoms with Gasteiger partial charge >= 0.3 is 96.6 Å². The van der Waals surface area contributed by atoms with E-state index in [1.54, 1.807) is 24.7 Å². The van der Waals surface area contributed by atoms with Crippen molar-refractivity contribution in [2.75, 3.05) is 0 Å². The van der Waals surface area contributed by atoms with Crippen molar-refractivity contribution < 1.29 is 96.6 Å². The number of rotatable bonds is 0. The minimum Gasteiger partial charge on any atom is -1.00 e. The van der Waals surface area contributed by atoms with Gasteiger partial charge in [0.15, 0.2) is 0 Å². The van der Waals surface area contributed by atoms with E-state index in [9.17, 15) is 0 Å². The minimum absolute atomic E-state index is 0. The van der Waals surface area contributed by atoms with Gasteiger partial charge in [-0.2, -0.15) is 0 Å². The summed E-state index contributed by atoms with van der Waals surface area (Å²) < 4.78 is 1.91. The molecule has 1 unspecified atom stereocenters. The molecule has 1 aliphatic carbocycles. The van der Waals surface area contributed by atoms with Crippen LogP contribution in [0.5, 0.6) is 0 Å². The van der Waals surface area contributed by atoms with Crippen LogP contribution in [0.25, 0.3) is 6.08 Å². The Kier molecular flexibility index (Phi) is 11.4. The van der Waals surface area contributed by atoms with E-state index in [0.29, 0.717) is 3.63 Å².